The van der Waals surface area contributed by atoms with Crippen LogP contribution in [-0.2, 0) is 9.53 Å². The number of benzene rings is 1. The van der Waals surface area contributed by atoms with Crippen molar-refractivity contribution in [1.29, 1.82) is 0 Å². The van der Waals surface area contributed by atoms with Crippen LogP contribution >= 0.6 is 22.7 Å². The molecular formula is C22H18N2O3S2. The fourth-order valence-corrected chi connectivity index (χ4v) is 5.06. The van der Waals surface area contributed by atoms with E-state index in [1.54, 1.807) is 17.6 Å². The Hall–Kier alpha value is -3.03. The van der Waals surface area contributed by atoms with Crippen LogP contribution < -0.4 is 14.9 Å². The van der Waals surface area contributed by atoms with E-state index in [1.807, 2.05) is 60.0 Å². The number of allylic oxidation sites excluding steroid dienone is 2. The molecule has 0 amide bonds. The van der Waals surface area contributed by atoms with Gasteiger partial charge in [0.05, 0.1) is 22.9 Å². The molecule has 0 N–H and O–H groups in total. The largest absolute Gasteiger partial charge is 0.466 e. The number of ether oxygens (including phenoxy) is 1. The van der Waals surface area contributed by atoms with Crippen LogP contribution in [0.4, 0.5) is 0 Å². The molecule has 0 saturated heterocycles. The lowest BCUT2D eigenvalue weighted by atomic mass is 10.0. The topological polar surface area (TPSA) is 60.7 Å². The van der Waals surface area contributed by atoms with E-state index >= 15 is 0 Å². The molecule has 146 valence electrons. The maximum atomic E-state index is 13.2. The Kier molecular flexibility index (Phi) is 5.42. The molecule has 2 aromatic heterocycles. The lowest BCUT2D eigenvalue weighted by molar-refractivity contribution is -0.136. The number of hydrogen-bond acceptors (Lipinski definition) is 6. The number of thiophene rings is 1. The molecular weight excluding hydrogens is 404 g/mol. The van der Waals surface area contributed by atoms with Gasteiger partial charge in [0.2, 0.25) is 0 Å². The molecule has 0 saturated carbocycles. The predicted octanol–water partition coefficient (Wildman–Crippen LogP) is 3.13. The molecule has 0 spiro atoms. The van der Waals surface area contributed by atoms with E-state index in [1.165, 1.54) is 29.8 Å². The predicted molar refractivity (Wildman–Crippen MR) is 116 cm³/mol. The van der Waals surface area contributed by atoms with Crippen molar-refractivity contribution >= 4 is 40.8 Å². The smallest absolute Gasteiger partial charge is 0.338 e. The number of nitrogens with zero attached hydrogens (tertiary/aromatic N) is 2. The van der Waals surface area contributed by atoms with Gasteiger partial charge in [-0.3, -0.25) is 9.36 Å². The molecule has 0 aliphatic carbocycles. The number of carbonyl (C=O) groups excluding carboxylic acids is 1. The molecule has 1 aliphatic rings. The third-order valence-electron chi connectivity index (χ3n) is 4.58. The van der Waals surface area contributed by atoms with Crippen LogP contribution in [0.2, 0.25) is 0 Å². The van der Waals surface area contributed by atoms with Crippen molar-refractivity contribution in [3.63, 3.8) is 0 Å². The van der Waals surface area contributed by atoms with E-state index in [0.717, 1.165) is 10.4 Å². The second-order valence-electron chi connectivity index (χ2n) is 6.38. The van der Waals surface area contributed by atoms with E-state index in [4.69, 9.17) is 4.74 Å². The Morgan fingerprint density at radius 2 is 2.00 bits per heavy atom. The third-order valence-corrected chi connectivity index (χ3v) is 6.50. The van der Waals surface area contributed by atoms with E-state index in [0.29, 0.717) is 20.6 Å². The first-order valence-electron chi connectivity index (χ1n) is 8.96. The molecule has 0 fully saturated rings. The number of thiazole rings is 1. The van der Waals surface area contributed by atoms with E-state index in [2.05, 4.69) is 4.99 Å². The van der Waals surface area contributed by atoms with E-state index in [-0.39, 0.29) is 5.56 Å². The van der Waals surface area contributed by atoms with Gasteiger partial charge in [0.25, 0.3) is 5.56 Å². The van der Waals surface area contributed by atoms with Gasteiger partial charge in [0, 0.05) is 4.88 Å². The van der Waals surface area contributed by atoms with Crippen LogP contribution in [0.25, 0.3) is 12.2 Å². The van der Waals surface area contributed by atoms with Crippen LogP contribution in [0.5, 0.6) is 0 Å². The Balaban J connectivity index is 1.85. The zero-order valence-electron chi connectivity index (χ0n) is 15.9. The summed E-state index contributed by atoms with van der Waals surface area (Å²) in [7, 11) is 1.34. The van der Waals surface area contributed by atoms with Gasteiger partial charge < -0.3 is 4.74 Å². The van der Waals surface area contributed by atoms with Crippen LogP contribution in [-0.4, -0.2) is 17.6 Å². The number of carbonyl (C=O) groups is 1. The van der Waals surface area contributed by atoms with E-state index < -0.39 is 12.0 Å². The van der Waals surface area contributed by atoms with Gasteiger partial charge in [-0.25, -0.2) is 9.79 Å². The Bertz CT molecular complexity index is 1280. The summed E-state index contributed by atoms with van der Waals surface area (Å²) < 4.78 is 7.14. The van der Waals surface area contributed by atoms with Gasteiger partial charge in [-0.15, -0.1) is 11.3 Å². The van der Waals surface area contributed by atoms with Gasteiger partial charge in [-0.1, -0.05) is 59.9 Å². The number of esters is 1. The van der Waals surface area contributed by atoms with Crippen LogP contribution in [0.3, 0.4) is 0 Å². The fourth-order valence-electron chi connectivity index (χ4n) is 3.23. The second-order valence-corrected chi connectivity index (χ2v) is 8.37. The first kappa shape index (κ1) is 19.3. The van der Waals surface area contributed by atoms with Gasteiger partial charge in [0.1, 0.15) is 6.04 Å². The van der Waals surface area contributed by atoms with E-state index in [9.17, 15) is 9.59 Å². The third kappa shape index (κ3) is 3.66. The zero-order chi connectivity index (χ0) is 20.4. The van der Waals surface area contributed by atoms with Crippen molar-refractivity contribution in [1.82, 2.24) is 4.57 Å². The molecule has 3 aromatic rings. The SMILES string of the molecule is COC(=O)C1=C(C)N=c2sc(=CC=Cc3ccccc3)c(=O)n2C1c1cccs1. The van der Waals surface area contributed by atoms with Crippen molar-refractivity contribution in [2.24, 2.45) is 4.99 Å². The summed E-state index contributed by atoms with van der Waals surface area (Å²) in [5.41, 5.74) is 1.85. The minimum absolute atomic E-state index is 0.168. The van der Waals surface area contributed by atoms with Crippen molar-refractivity contribution in [3.8, 4) is 0 Å². The molecule has 3 heterocycles. The van der Waals surface area contributed by atoms with Gasteiger partial charge in [-0.05, 0) is 30.0 Å². The lowest BCUT2D eigenvalue weighted by Crippen LogP contribution is -2.39. The normalized spacial score (nSPS) is 16.8. The summed E-state index contributed by atoms with van der Waals surface area (Å²) >= 11 is 2.82. The molecule has 1 aliphatic heterocycles. The molecule has 0 bridgehead atoms. The number of methoxy groups -OCH3 is 1. The summed E-state index contributed by atoms with van der Waals surface area (Å²) in [5, 5.41) is 1.93. The standard InChI is InChI=1S/C22H18N2O3S2/c1-14-18(21(26)27-2)19(16-12-7-13-28-16)24-20(25)17(29-22(24)23-14)11-6-10-15-8-4-3-5-9-15/h3-13,19H,1-2H3. The highest BCUT2D eigenvalue weighted by Gasteiger charge is 2.33. The molecule has 29 heavy (non-hydrogen) atoms. The second kappa shape index (κ2) is 8.14. The highest BCUT2D eigenvalue weighted by molar-refractivity contribution is 7.10. The zero-order valence-corrected chi connectivity index (χ0v) is 17.5. The fraction of sp³-hybridized carbons (Fsp3) is 0.136. The maximum absolute atomic E-state index is 13.2. The van der Waals surface area contributed by atoms with Crippen molar-refractivity contribution < 1.29 is 9.53 Å². The van der Waals surface area contributed by atoms with Crippen molar-refractivity contribution in [2.75, 3.05) is 7.11 Å². The average molecular weight is 423 g/mol. The quantitative estimate of drug-likeness (QED) is 0.607. The van der Waals surface area contributed by atoms with Crippen molar-refractivity contribution in [3.05, 3.63) is 95.3 Å². The van der Waals surface area contributed by atoms with Crippen molar-refractivity contribution in [2.45, 2.75) is 13.0 Å². The summed E-state index contributed by atoms with van der Waals surface area (Å²) in [6.07, 6.45) is 5.59. The molecule has 1 atom stereocenters. The first-order chi connectivity index (χ1) is 14.1. The highest BCUT2D eigenvalue weighted by atomic mass is 32.1. The maximum Gasteiger partial charge on any atom is 0.338 e. The molecule has 7 heteroatoms. The van der Waals surface area contributed by atoms with Crippen LogP contribution in [0.15, 0.2) is 75.0 Å². The molecule has 1 unspecified atom stereocenters. The van der Waals surface area contributed by atoms with Crippen LogP contribution in [0.1, 0.15) is 23.4 Å². The van der Waals surface area contributed by atoms with Crippen LogP contribution in [0, 0.1) is 0 Å². The minimum atomic E-state index is -0.529. The first-order valence-corrected chi connectivity index (χ1v) is 10.7. The number of rotatable bonds is 4. The number of fused-ring (bicyclic) bond motifs is 1. The van der Waals surface area contributed by atoms with Gasteiger partial charge >= 0.3 is 5.97 Å². The minimum Gasteiger partial charge on any atom is -0.466 e. The highest BCUT2D eigenvalue weighted by Crippen LogP contribution is 2.32. The Labute approximate surface area is 175 Å². The summed E-state index contributed by atoms with van der Waals surface area (Å²) in [6, 6.07) is 13.2. The number of aromatic nitrogens is 1. The summed E-state index contributed by atoms with van der Waals surface area (Å²) in [5.74, 6) is -0.470. The molecule has 0 radical (unpaired) electrons. The summed E-state index contributed by atoms with van der Waals surface area (Å²) in [4.78, 5) is 31.7. The number of hydrogen-bond donors (Lipinski definition) is 0. The monoisotopic (exact) mass is 422 g/mol. The lowest BCUT2D eigenvalue weighted by Gasteiger charge is -2.22. The summed E-state index contributed by atoms with van der Waals surface area (Å²) in [6.45, 7) is 1.78. The Morgan fingerprint density at radius 1 is 1.21 bits per heavy atom. The molecule has 5 nitrogen and oxygen atoms in total. The average Bonchev–Trinajstić information content (AvgIpc) is 3.36. The Morgan fingerprint density at radius 3 is 2.69 bits per heavy atom. The molecule has 4 rings (SSSR count). The molecule has 1 aromatic carbocycles. The van der Waals surface area contributed by atoms with Gasteiger partial charge in [-0.2, -0.15) is 0 Å². The van der Waals surface area contributed by atoms with Gasteiger partial charge in [0.15, 0.2) is 4.80 Å².